The number of carboxylic acid groups (broad SMARTS) is 1. The smallest absolute Gasteiger partial charge is 0.419 e. The van der Waals surface area contributed by atoms with Gasteiger partial charge in [0.05, 0.1) is 18.5 Å². The fourth-order valence-corrected chi connectivity index (χ4v) is 1.95. The normalized spacial score (nSPS) is 12.4. The number of nitrogens with one attached hydrogen (secondary N) is 1. The molecule has 0 aromatic heterocycles. The van der Waals surface area contributed by atoms with Crippen LogP contribution in [0.15, 0.2) is 24.3 Å². The zero-order valence-corrected chi connectivity index (χ0v) is 14.0. The minimum absolute atomic E-state index is 0.00106. The van der Waals surface area contributed by atoms with Crippen LogP contribution in [0.5, 0.6) is 5.75 Å². The third-order valence-electron chi connectivity index (χ3n) is 3.43. The maximum Gasteiger partial charge on any atom is 0.419 e. The Hall–Kier alpha value is -2.45. The summed E-state index contributed by atoms with van der Waals surface area (Å²) in [6.45, 7) is 1.75. The Morgan fingerprint density at radius 3 is 2.52 bits per heavy atom. The molecular formula is C16H21F3N2O4. The molecule has 1 aromatic rings. The number of para-hydroxylation sites is 1. The number of hydrogen-bond donors (Lipinski definition) is 2. The number of carbonyl (C=O) groups is 2. The van der Waals surface area contributed by atoms with Gasteiger partial charge in [-0.05, 0) is 18.6 Å². The number of hydrogen-bond acceptors (Lipinski definition) is 3. The molecule has 2 amide bonds. The summed E-state index contributed by atoms with van der Waals surface area (Å²) in [7, 11) is 1.43. The second kappa shape index (κ2) is 9.14. The van der Waals surface area contributed by atoms with E-state index in [9.17, 15) is 22.8 Å². The molecule has 2 N–H and O–H groups in total. The zero-order valence-electron chi connectivity index (χ0n) is 14.0. The van der Waals surface area contributed by atoms with Crippen LogP contribution >= 0.6 is 0 Å². The maximum absolute atomic E-state index is 13.0. The highest BCUT2D eigenvalue weighted by Gasteiger charge is 2.34. The van der Waals surface area contributed by atoms with Gasteiger partial charge in [0.2, 0.25) is 0 Å². The van der Waals surface area contributed by atoms with E-state index < -0.39 is 29.8 Å². The van der Waals surface area contributed by atoms with Crippen molar-refractivity contribution >= 4 is 12.0 Å². The van der Waals surface area contributed by atoms with Gasteiger partial charge in [0.15, 0.2) is 0 Å². The van der Waals surface area contributed by atoms with Gasteiger partial charge < -0.3 is 20.1 Å². The number of halogens is 3. The lowest BCUT2D eigenvalue weighted by atomic mass is 10.2. The molecule has 0 aliphatic rings. The quantitative estimate of drug-likeness (QED) is 0.745. The summed E-state index contributed by atoms with van der Waals surface area (Å²) in [6, 6.07) is 4.35. The van der Waals surface area contributed by atoms with Gasteiger partial charge in [0, 0.05) is 13.6 Å². The van der Waals surface area contributed by atoms with Gasteiger partial charge >= 0.3 is 18.2 Å². The molecule has 0 radical (unpaired) electrons. The molecule has 0 aliphatic carbocycles. The van der Waals surface area contributed by atoms with Crippen LogP contribution in [0.3, 0.4) is 0 Å². The molecule has 0 bridgehead atoms. The Morgan fingerprint density at radius 1 is 1.32 bits per heavy atom. The van der Waals surface area contributed by atoms with E-state index in [0.717, 1.165) is 6.07 Å². The molecule has 1 rings (SSSR count). The van der Waals surface area contributed by atoms with Gasteiger partial charge in [-0.2, -0.15) is 13.2 Å². The van der Waals surface area contributed by atoms with E-state index in [1.54, 1.807) is 6.92 Å². The minimum Gasteiger partial charge on any atom is -0.488 e. The Bertz CT molecular complexity index is 593. The van der Waals surface area contributed by atoms with E-state index in [2.05, 4.69) is 5.32 Å². The number of rotatable bonds is 8. The fourth-order valence-electron chi connectivity index (χ4n) is 1.95. The number of aliphatic carboxylic acids is 1. The lowest BCUT2D eigenvalue weighted by Crippen LogP contribution is -2.42. The van der Waals surface area contributed by atoms with Crippen molar-refractivity contribution in [3.05, 3.63) is 29.8 Å². The van der Waals surface area contributed by atoms with Crippen molar-refractivity contribution in [1.82, 2.24) is 10.2 Å². The van der Waals surface area contributed by atoms with Crippen LogP contribution in [0.2, 0.25) is 0 Å². The summed E-state index contributed by atoms with van der Waals surface area (Å²) in [4.78, 5) is 23.5. The van der Waals surface area contributed by atoms with Crippen LogP contribution in [-0.4, -0.2) is 48.2 Å². The molecule has 0 fully saturated rings. The standard InChI is InChI=1S/C16H21F3N2O4/c1-3-11(10-20-15(24)21(2)9-8-14(22)23)25-13-7-5-4-6-12(13)16(17,18)19/h4-7,11H,3,8-10H2,1-2H3,(H,20,24)(H,22,23). The molecule has 0 spiro atoms. The van der Waals surface area contributed by atoms with Crippen molar-refractivity contribution in [2.75, 3.05) is 20.1 Å². The number of amides is 2. The highest BCUT2D eigenvalue weighted by Crippen LogP contribution is 2.36. The second-order valence-corrected chi connectivity index (χ2v) is 5.39. The lowest BCUT2D eigenvalue weighted by molar-refractivity contribution is -0.139. The first-order valence-electron chi connectivity index (χ1n) is 7.68. The SMILES string of the molecule is CCC(CNC(=O)N(C)CCC(=O)O)Oc1ccccc1C(F)(F)F. The molecular weight excluding hydrogens is 341 g/mol. The summed E-state index contributed by atoms with van der Waals surface area (Å²) in [5, 5.41) is 11.1. The van der Waals surface area contributed by atoms with Crippen molar-refractivity contribution in [2.45, 2.75) is 32.0 Å². The topological polar surface area (TPSA) is 78.9 Å². The van der Waals surface area contributed by atoms with Crippen LogP contribution in [0.1, 0.15) is 25.3 Å². The van der Waals surface area contributed by atoms with Gasteiger partial charge in [-0.3, -0.25) is 4.79 Å². The Labute approximate surface area is 143 Å². The lowest BCUT2D eigenvalue weighted by Gasteiger charge is -2.23. The number of carbonyl (C=O) groups excluding carboxylic acids is 1. The van der Waals surface area contributed by atoms with E-state index in [4.69, 9.17) is 9.84 Å². The van der Waals surface area contributed by atoms with Crippen molar-refractivity contribution in [1.29, 1.82) is 0 Å². The largest absolute Gasteiger partial charge is 0.488 e. The van der Waals surface area contributed by atoms with Gasteiger partial charge in [-0.1, -0.05) is 19.1 Å². The average Bonchev–Trinajstić information content (AvgIpc) is 2.55. The number of alkyl halides is 3. The van der Waals surface area contributed by atoms with Crippen LogP contribution < -0.4 is 10.1 Å². The van der Waals surface area contributed by atoms with Gasteiger partial charge in [0.25, 0.3) is 0 Å². The van der Waals surface area contributed by atoms with Crippen molar-refractivity contribution in [3.63, 3.8) is 0 Å². The summed E-state index contributed by atoms with van der Waals surface area (Å²) in [6.07, 6.45) is -5.00. The Morgan fingerprint density at radius 2 is 1.96 bits per heavy atom. The molecule has 1 aromatic carbocycles. The highest BCUT2D eigenvalue weighted by molar-refractivity contribution is 5.75. The summed E-state index contributed by atoms with van der Waals surface area (Å²) < 4.78 is 44.3. The van der Waals surface area contributed by atoms with Crippen molar-refractivity contribution in [3.8, 4) is 5.75 Å². The van der Waals surface area contributed by atoms with Crippen LogP contribution in [0.4, 0.5) is 18.0 Å². The van der Waals surface area contributed by atoms with Crippen LogP contribution in [0, 0.1) is 0 Å². The summed E-state index contributed by atoms with van der Waals surface area (Å²) in [5.41, 5.74) is -0.877. The van der Waals surface area contributed by atoms with E-state index in [1.807, 2.05) is 0 Å². The first-order chi connectivity index (χ1) is 11.6. The van der Waals surface area contributed by atoms with E-state index >= 15 is 0 Å². The van der Waals surface area contributed by atoms with Crippen molar-refractivity contribution < 1.29 is 32.6 Å². The number of benzene rings is 1. The molecule has 1 atom stereocenters. The second-order valence-electron chi connectivity index (χ2n) is 5.39. The Kier molecular flexibility index (Phi) is 7.53. The predicted octanol–water partition coefficient (Wildman–Crippen LogP) is 2.98. The molecule has 0 aliphatic heterocycles. The molecule has 140 valence electrons. The zero-order chi connectivity index (χ0) is 19.0. The average molecular weight is 362 g/mol. The molecule has 9 heteroatoms. The molecule has 1 unspecified atom stereocenters. The Balaban J connectivity index is 2.64. The maximum atomic E-state index is 13.0. The number of urea groups is 1. The third kappa shape index (κ3) is 6.90. The monoisotopic (exact) mass is 362 g/mol. The third-order valence-corrected chi connectivity index (χ3v) is 3.43. The van der Waals surface area contributed by atoms with Gasteiger partial charge in [-0.25, -0.2) is 4.79 Å². The first kappa shape index (κ1) is 20.6. The first-order valence-corrected chi connectivity index (χ1v) is 7.68. The van der Waals surface area contributed by atoms with E-state index in [0.29, 0.717) is 6.42 Å². The summed E-state index contributed by atoms with van der Waals surface area (Å²) >= 11 is 0. The molecule has 0 saturated heterocycles. The number of nitrogens with zero attached hydrogens (tertiary/aromatic N) is 1. The van der Waals surface area contributed by atoms with E-state index in [-0.39, 0.29) is 25.3 Å². The highest BCUT2D eigenvalue weighted by atomic mass is 19.4. The molecule has 0 heterocycles. The van der Waals surface area contributed by atoms with Crippen molar-refractivity contribution in [2.24, 2.45) is 0 Å². The minimum atomic E-state index is -4.53. The van der Waals surface area contributed by atoms with Crippen LogP contribution in [-0.2, 0) is 11.0 Å². The molecule has 6 nitrogen and oxygen atoms in total. The number of ether oxygens (including phenoxy) is 1. The predicted molar refractivity (Wildman–Crippen MR) is 84.4 cm³/mol. The molecule has 0 saturated carbocycles. The van der Waals surface area contributed by atoms with E-state index in [1.165, 1.54) is 30.1 Å². The summed E-state index contributed by atoms with van der Waals surface area (Å²) in [5.74, 6) is -1.33. The van der Waals surface area contributed by atoms with Gasteiger partial charge in [0.1, 0.15) is 11.9 Å². The van der Waals surface area contributed by atoms with Crippen LogP contribution in [0.25, 0.3) is 0 Å². The molecule has 25 heavy (non-hydrogen) atoms. The number of carboxylic acids is 1. The van der Waals surface area contributed by atoms with Gasteiger partial charge in [-0.15, -0.1) is 0 Å². The fraction of sp³-hybridized carbons (Fsp3) is 0.500.